The van der Waals surface area contributed by atoms with Crippen molar-refractivity contribution in [3.63, 3.8) is 0 Å². The molecule has 0 saturated heterocycles. The van der Waals surface area contributed by atoms with Crippen molar-refractivity contribution in [3.8, 4) is 5.75 Å². The van der Waals surface area contributed by atoms with Gasteiger partial charge in [0.2, 0.25) is 0 Å². The summed E-state index contributed by atoms with van der Waals surface area (Å²) in [5, 5.41) is 8.63. The number of hydrogen-bond acceptors (Lipinski definition) is 2. The van der Waals surface area contributed by atoms with E-state index in [4.69, 9.17) is 5.11 Å². The normalized spacial score (nSPS) is 8.50. The highest BCUT2D eigenvalue weighted by Crippen LogP contribution is 2.02. The molecular weight excluding hydrogens is 168 g/mol. The smallest absolute Gasteiger partial charge is 0.115 e. The van der Waals surface area contributed by atoms with Crippen LogP contribution in [0.25, 0.3) is 0 Å². The van der Waals surface area contributed by atoms with Crippen LogP contribution in [0.15, 0.2) is 30.3 Å². The fourth-order valence-electron chi connectivity index (χ4n) is 0.586. The number of phenolic OH excluding ortho intramolecular Hbond substituents is 1. The molecule has 1 aromatic rings. The molecule has 0 aromatic heterocycles. The maximum Gasteiger partial charge on any atom is 0.115 e. The summed E-state index contributed by atoms with van der Waals surface area (Å²) in [6, 6.07) is 8.71. The number of hydrogen-bond donors (Lipinski definition) is 2. The average Bonchev–Trinajstić information content (AvgIpc) is 2.08. The second-order valence-electron chi connectivity index (χ2n) is 2.41. The Kier molecular flexibility index (Phi) is 8.02. The van der Waals surface area contributed by atoms with E-state index >= 15 is 0 Å². The lowest BCUT2D eigenvalue weighted by Gasteiger charge is -1.82. The van der Waals surface area contributed by atoms with Crippen molar-refractivity contribution in [2.75, 3.05) is 5.75 Å². The Hall–Kier alpha value is -0.630. The number of benzene rings is 1. The van der Waals surface area contributed by atoms with Crippen LogP contribution in [-0.4, -0.2) is 10.9 Å². The van der Waals surface area contributed by atoms with Gasteiger partial charge in [-0.1, -0.05) is 31.5 Å². The lowest BCUT2D eigenvalue weighted by Crippen LogP contribution is -1.65. The van der Waals surface area contributed by atoms with Gasteiger partial charge in [-0.15, -0.1) is 0 Å². The Morgan fingerprint density at radius 3 is 2.00 bits per heavy atom. The molecule has 0 bridgehead atoms. The van der Waals surface area contributed by atoms with Crippen LogP contribution >= 0.6 is 12.6 Å². The summed E-state index contributed by atoms with van der Waals surface area (Å²) in [5.74, 6) is 1.36. The van der Waals surface area contributed by atoms with Crippen LogP contribution in [0.4, 0.5) is 0 Å². The molecule has 0 fully saturated rings. The largest absolute Gasteiger partial charge is 0.508 e. The van der Waals surface area contributed by atoms with Gasteiger partial charge in [-0.2, -0.15) is 12.6 Å². The first-order chi connectivity index (χ1) is 5.81. The summed E-state index contributed by atoms with van der Waals surface area (Å²) in [7, 11) is 0. The lowest BCUT2D eigenvalue weighted by atomic mass is 10.3. The fourth-order valence-corrected chi connectivity index (χ4v) is 0.902. The number of thiol groups is 1. The quantitative estimate of drug-likeness (QED) is 0.677. The minimum Gasteiger partial charge on any atom is -0.508 e. The zero-order valence-corrected chi connectivity index (χ0v) is 8.30. The van der Waals surface area contributed by atoms with Crippen molar-refractivity contribution < 1.29 is 5.11 Å². The van der Waals surface area contributed by atoms with E-state index < -0.39 is 0 Å². The molecule has 2 heteroatoms. The topological polar surface area (TPSA) is 20.2 Å². The van der Waals surface area contributed by atoms with Crippen molar-refractivity contribution in [2.45, 2.75) is 19.8 Å². The predicted octanol–water partition coefficient (Wildman–Crippen LogP) is 3.11. The zero-order chi connectivity index (χ0) is 9.23. The molecule has 0 saturated carbocycles. The Labute approximate surface area is 79.8 Å². The molecule has 0 radical (unpaired) electrons. The number of unbranched alkanes of at least 4 members (excludes halogenated alkanes) is 1. The molecule has 12 heavy (non-hydrogen) atoms. The minimum absolute atomic E-state index is 0.322. The zero-order valence-electron chi connectivity index (χ0n) is 7.40. The molecule has 1 rings (SSSR count). The number of rotatable bonds is 2. The first kappa shape index (κ1) is 11.4. The van der Waals surface area contributed by atoms with E-state index in [1.807, 2.05) is 6.07 Å². The molecule has 1 aromatic carbocycles. The first-order valence-electron chi connectivity index (χ1n) is 4.16. The maximum atomic E-state index is 8.63. The molecule has 1 N–H and O–H groups in total. The highest BCUT2D eigenvalue weighted by atomic mass is 32.1. The van der Waals surface area contributed by atoms with Gasteiger partial charge in [-0.25, -0.2) is 0 Å². The average molecular weight is 184 g/mol. The summed E-state index contributed by atoms with van der Waals surface area (Å²) in [6.45, 7) is 2.16. The highest BCUT2D eigenvalue weighted by Gasteiger charge is 1.74. The first-order valence-corrected chi connectivity index (χ1v) is 4.79. The Morgan fingerprint density at radius 2 is 1.83 bits per heavy atom. The van der Waals surface area contributed by atoms with Gasteiger partial charge in [0.25, 0.3) is 0 Å². The monoisotopic (exact) mass is 184 g/mol. The third-order valence-electron chi connectivity index (χ3n) is 1.27. The Balaban J connectivity index is 0.000000217. The summed E-state index contributed by atoms with van der Waals surface area (Å²) in [4.78, 5) is 0. The fraction of sp³-hybridized carbons (Fsp3) is 0.400. The molecule has 0 aliphatic carbocycles. The summed E-state index contributed by atoms with van der Waals surface area (Å²) in [6.07, 6.45) is 2.52. The molecule has 0 aliphatic rings. The molecule has 68 valence electrons. The predicted molar refractivity (Wildman–Crippen MR) is 56.9 cm³/mol. The van der Waals surface area contributed by atoms with Crippen LogP contribution in [0.2, 0.25) is 0 Å². The van der Waals surface area contributed by atoms with E-state index in [9.17, 15) is 0 Å². The third kappa shape index (κ3) is 7.48. The van der Waals surface area contributed by atoms with E-state index in [0.29, 0.717) is 5.75 Å². The van der Waals surface area contributed by atoms with Crippen LogP contribution in [0, 0.1) is 0 Å². The minimum atomic E-state index is 0.322. The summed E-state index contributed by atoms with van der Waals surface area (Å²) >= 11 is 4.00. The molecule has 0 atom stereocenters. The summed E-state index contributed by atoms with van der Waals surface area (Å²) in [5.41, 5.74) is 0. The molecule has 0 aliphatic heterocycles. The van der Waals surface area contributed by atoms with Crippen LogP contribution < -0.4 is 0 Å². The van der Waals surface area contributed by atoms with Gasteiger partial charge < -0.3 is 5.11 Å². The van der Waals surface area contributed by atoms with Crippen molar-refractivity contribution in [1.29, 1.82) is 0 Å². The van der Waals surface area contributed by atoms with Gasteiger partial charge in [-0.3, -0.25) is 0 Å². The van der Waals surface area contributed by atoms with Crippen LogP contribution in [0.5, 0.6) is 5.75 Å². The second kappa shape index (κ2) is 8.47. The van der Waals surface area contributed by atoms with Crippen LogP contribution in [0.1, 0.15) is 19.8 Å². The molecular formula is C10H16OS. The standard InChI is InChI=1S/C6H6O.C4H10S/c7-6-4-2-1-3-5-6;1-2-3-4-5/h1-5,7H;5H,2-4H2,1H3. The van der Waals surface area contributed by atoms with Gasteiger partial charge in [-0.05, 0) is 24.3 Å². The molecule has 0 amide bonds. The van der Waals surface area contributed by atoms with Crippen molar-refractivity contribution in [2.24, 2.45) is 0 Å². The molecule has 0 spiro atoms. The number of aromatic hydroxyl groups is 1. The maximum absolute atomic E-state index is 8.63. The van der Waals surface area contributed by atoms with Crippen molar-refractivity contribution in [3.05, 3.63) is 30.3 Å². The number of phenols is 1. The van der Waals surface area contributed by atoms with E-state index in [2.05, 4.69) is 19.6 Å². The lowest BCUT2D eigenvalue weighted by molar-refractivity contribution is 0.475. The van der Waals surface area contributed by atoms with Gasteiger partial charge in [0, 0.05) is 0 Å². The van der Waals surface area contributed by atoms with Gasteiger partial charge in [0.15, 0.2) is 0 Å². The van der Waals surface area contributed by atoms with Crippen molar-refractivity contribution in [1.82, 2.24) is 0 Å². The van der Waals surface area contributed by atoms with Gasteiger partial charge >= 0.3 is 0 Å². The van der Waals surface area contributed by atoms with Crippen molar-refractivity contribution >= 4 is 12.6 Å². The second-order valence-corrected chi connectivity index (χ2v) is 2.86. The Bertz CT molecular complexity index is 172. The van der Waals surface area contributed by atoms with Gasteiger partial charge in [0.05, 0.1) is 0 Å². The summed E-state index contributed by atoms with van der Waals surface area (Å²) < 4.78 is 0. The van der Waals surface area contributed by atoms with E-state index in [0.717, 1.165) is 5.75 Å². The third-order valence-corrected chi connectivity index (χ3v) is 1.58. The van der Waals surface area contributed by atoms with Crippen LogP contribution in [0.3, 0.4) is 0 Å². The van der Waals surface area contributed by atoms with Crippen LogP contribution in [-0.2, 0) is 0 Å². The molecule has 1 nitrogen and oxygen atoms in total. The Morgan fingerprint density at radius 1 is 1.25 bits per heavy atom. The van der Waals surface area contributed by atoms with Gasteiger partial charge in [0.1, 0.15) is 5.75 Å². The molecule has 0 heterocycles. The SMILES string of the molecule is CCCCS.Oc1ccccc1. The van der Waals surface area contributed by atoms with E-state index in [-0.39, 0.29) is 0 Å². The highest BCUT2D eigenvalue weighted by molar-refractivity contribution is 7.80. The number of para-hydroxylation sites is 1. The van der Waals surface area contributed by atoms with E-state index in [1.54, 1.807) is 24.3 Å². The molecule has 0 unspecified atom stereocenters. The van der Waals surface area contributed by atoms with E-state index in [1.165, 1.54) is 12.8 Å².